The molecule has 0 saturated heterocycles. The smallest absolute Gasteiger partial charge is 0.322 e. The summed E-state index contributed by atoms with van der Waals surface area (Å²) in [5, 5.41) is 11.4. The van der Waals surface area contributed by atoms with Gasteiger partial charge in [-0.1, -0.05) is 11.6 Å². The molecule has 1 rings (SSSR count). The summed E-state index contributed by atoms with van der Waals surface area (Å²) in [6.45, 7) is 0.167. The van der Waals surface area contributed by atoms with Gasteiger partial charge in [0.2, 0.25) is 5.91 Å². The zero-order valence-electron chi connectivity index (χ0n) is 11.8. The lowest BCUT2D eigenvalue weighted by Gasteiger charge is -2.18. The Morgan fingerprint density at radius 2 is 2.10 bits per heavy atom. The van der Waals surface area contributed by atoms with Gasteiger partial charge in [0.15, 0.2) is 0 Å². The molecule has 8 heteroatoms. The van der Waals surface area contributed by atoms with E-state index in [2.05, 4.69) is 5.32 Å². The van der Waals surface area contributed by atoms with Gasteiger partial charge in [-0.25, -0.2) is 0 Å². The van der Waals surface area contributed by atoms with Gasteiger partial charge in [0.25, 0.3) is 0 Å². The number of benzene rings is 1. The maximum Gasteiger partial charge on any atom is 0.322 e. The maximum atomic E-state index is 11.5. The van der Waals surface area contributed by atoms with Crippen LogP contribution in [0.25, 0.3) is 0 Å². The van der Waals surface area contributed by atoms with Gasteiger partial charge in [-0.2, -0.15) is 0 Å². The molecular formula is C13H18Cl2N2O4. The van der Waals surface area contributed by atoms with Crippen LogP contribution in [0.1, 0.15) is 5.56 Å². The van der Waals surface area contributed by atoms with Crippen LogP contribution in [0.5, 0.6) is 5.75 Å². The quantitative estimate of drug-likeness (QED) is 0.786. The average Bonchev–Trinajstić information content (AvgIpc) is 2.36. The van der Waals surface area contributed by atoms with Crippen molar-refractivity contribution in [2.24, 2.45) is 0 Å². The van der Waals surface area contributed by atoms with E-state index in [0.717, 1.165) is 5.56 Å². The first-order valence-electron chi connectivity index (χ1n) is 5.92. The number of nitrogens with zero attached hydrogens (tertiary/aromatic N) is 1. The van der Waals surface area contributed by atoms with E-state index in [0.29, 0.717) is 17.3 Å². The fourth-order valence-corrected chi connectivity index (χ4v) is 1.89. The number of carbonyl (C=O) groups excluding carboxylic acids is 1. The van der Waals surface area contributed by atoms with Gasteiger partial charge in [0.05, 0.1) is 13.7 Å². The predicted molar refractivity (Wildman–Crippen MR) is 82.2 cm³/mol. The van der Waals surface area contributed by atoms with Crippen LogP contribution in [0.4, 0.5) is 0 Å². The highest BCUT2D eigenvalue weighted by Crippen LogP contribution is 2.23. The highest BCUT2D eigenvalue weighted by Gasteiger charge is 2.11. The van der Waals surface area contributed by atoms with Gasteiger partial charge in [0, 0.05) is 17.1 Å². The molecule has 0 spiro atoms. The first-order chi connectivity index (χ1) is 9.42. The number of hydrogen-bond donors (Lipinski definition) is 2. The van der Waals surface area contributed by atoms with E-state index in [9.17, 15) is 9.59 Å². The standard InChI is InChI=1S/C13H17ClN2O4.ClH/c1-16(8-12(17)15-6-13(18)19)7-9-5-10(14)3-4-11(9)20-2;/h3-5H,6-8H2,1-2H3,(H,15,17)(H,18,19);1H. The SMILES string of the molecule is COc1ccc(Cl)cc1CN(C)CC(=O)NCC(=O)O.Cl. The number of halogens is 2. The molecule has 0 radical (unpaired) electrons. The molecule has 118 valence electrons. The molecule has 21 heavy (non-hydrogen) atoms. The number of nitrogens with one attached hydrogen (secondary N) is 1. The number of amides is 1. The molecule has 2 N–H and O–H groups in total. The Balaban J connectivity index is 0.00000400. The number of likely N-dealkylation sites (N-methyl/N-ethyl adjacent to an activating group) is 1. The summed E-state index contributed by atoms with van der Waals surface area (Å²) >= 11 is 5.93. The van der Waals surface area contributed by atoms with E-state index in [1.165, 1.54) is 0 Å². The topological polar surface area (TPSA) is 78.9 Å². The second-order valence-corrected chi connectivity index (χ2v) is 4.74. The number of carboxylic acids is 1. The number of hydrogen-bond acceptors (Lipinski definition) is 4. The van der Waals surface area contributed by atoms with Crippen LogP contribution >= 0.6 is 24.0 Å². The van der Waals surface area contributed by atoms with Gasteiger partial charge in [-0.3, -0.25) is 14.5 Å². The van der Waals surface area contributed by atoms with Crippen LogP contribution in [-0.4, -0.2) is 49.1 Å². The fourth-order valence-electron chi connectivity index (χ4n) is 1.69. The van der Waals surface area contributed by atoms with Crippen LogP contribution < -0.4 is 10.1 Å². The highest BCUT2D eigenvalue weighted by molar-refractivity contribution is 6.30. The molecule has 0 heterocycles. The van der Waals surface area contributed by atoms with E-state index in [1.807, 2.05) is 0 Å². The monoisotopic (exact) mass is 336 g/mol. The zero-order chi connectivity index (χ0) is 15.1. The molecule has 0 aromatic heterocycles. The van der Waals surface area contributed by atoms with Gasteiger partial charge >= 0.3 is 5.97 Å². The maximum absolute atomic E-state index is 11.5. The molecule has 0 atom stereocenters. The third-order valence-electron chi connectivity index (χ3n) is 2.53. The van der Waals surface area contributed by atoms with Gasteiger partial charge in [-0.05, 0) is 25.2 Å². The van der Waals surface area contributed by atoms with E-state index in [-0.39, 0.29) is 31.4 Å². The van der Waals surface area contributed by atoms with Crippen molar-refractivity contribution in [1.82, 2.24) is 10.2 Å². The van der Waals surface area contributed by atoms with Gasteiger partial charge in [-0.15, -0.1) is 12.4 Å². The minimum Gasteiger partial charge on any atom is -0.496 e. The summed E-state index contributed by atoms with van der Waals surface area (Å²) in [7, 11) is 3.31. The number of ether oxygens (including phenoxy) is 1. The lowest BCUT2D eigenvalue weighted by Crippen LogP contribution is -2.37. The van der Waals surface area contributed by atoms with Crippen LogP contribution in [0.2, 0.25) is 5.02 Å². The zero-order valence-corrected chi connectivity index (χ0v) is 13.3. The molecule has 0 aliphatic heterocycles. The van der Waals surface area contributed by atoms with Crippen molar-refractivity contribution in [3.05, 3.63) is 28.8 Å². The largest absolute Gasteiger partial charge is 0.496 e. The molecular weight excluding hydrogens is 319 g/mol. The van der Waals surface area contributed by atoms with E-state index >= 15 is 0 Å². The number of aliphatic carboxylic acids is 1. The molecule has 0 bridgehead atoms. The van der Waals surface area contributed by atoms with Crippen molar-refractivity contribution in [3.8, 4) is 5.75 Å². The molecule has 0 unspecified atom stereocenters. The Hall–Kier alpha value is -1.50. The lowest BCUT2D eigenvalue weighted by atomic mass is 10.2. The van der Waals surface area contributed by atoms with Crippen molar-refractivity contribution in [3.63, 3.8) is 0 Å². The predicted octanol–water partition coefficient (Wildman–Crippen LogP) is 1.40. The summed E-state index contributed by atoms with van der Waals surface area (Å²) in [6.07, 6.45) is 0. The normalized spacial score (nSPS) is 9.90. The molecule has 0 aliphatic carbocycles. The summed E-state index contributed by atoms with van der Waals surface area (Å²) in [5.41, 5.74) is 0.855. The minimum atomic E-state index is -1.07. The molecule has 0 saturated carbocycles. The molecule has 6 nitrogen and oxygen atoms in total. The third kappa shape index (κ3) is 7.17. The summed E-state index contributed by atoms with van der Waals surface area (Å²) in [6, 6.07) is 5.26. The van der Waals surface area contributed by atoms with Crippen LogP contribution in [0.15, 0.2) is 18.2 Å². The Bertz CT molecular complexity index is 497. The Kier molecular flexibility index (Phi) is 8.76. The molecule has 0 aliphatic rings. The number of rotatable bonds is 7. The summed E-state index contributed by atoms with van der Waals surface area (Å²) in [5.74, 6) is -0.736. The van der Waals surface area contributed by atoms with Gasteiger partial charge in [0.1, 0.15) is 12.3 Å². The van der Waals surface area contributed by atoms with Crippen molar-refractivity contribution < 1.29 is 19.4 Å². The van der Waals surface area contributed by atoms with Crippen LogP contribution in [-0.2, 0) is 16.1 Å². The van der Waals surface area contributed by atoms with Crippen molar-refractivity contribution in [2.75, 3.05) is 27.2 Å². The van der Waals surface area contributed by atoms with E-state index in [1.54, 1.807) is 37.3 Å². The first kappa shape index (κ1) is 19.5. The minimum absolute atomic E-state index is 0. The first-order valence-corrected chi connectivity index (χ1v) is 6.29. The second-order valence-electron chi connectivity index (χ2n) is 4.30. The Morgan fingerprint density at radius 3 is 2.67 bits per heavy atom. The Morgan fingerprint density at radius 1 is 1.43 bits per heavy atom. The van der Waals surface area contributed by atoms with Gasteiger partial charge < -0.3 is 15.2 Å². The lowest BCUT2D eigenvalue weighted by molar-refractivity contribution is -0.138. The Labute approximate surface area is 134 Å². The van der Waals surface area contributed by atoms with Crippen LogP contribution in [0, 0.1) is 0 Å². The van der Waals surface area contributed by atoms with Crippen molar-refractivity contribution in [1.29, 1.82) is 0 Å². The number of carbonyl (C=O) groups is 2. The number of methoxy groups -OCH3 is 1. The van der Waals surface area contributed by atoms with E-state index < -0.39 is 5.97 Å². The molecule has 1 aromatic carbocycles. The van der Waals surface area contributed by atoms with Crippen molar-refractivity contribution in [2.45, 2.75) is 6.54 Å². The van der Waals surface area contributed by atoms with Crippen molar-refractivity contribution >= 4 is 35.9 Å². The second kappa shape index (κ2) is 9.44. The highest BCUT2D eigenvalue weighted by atomic mass is 35.5. The number of carboxylic acid groups (broad SMARTS) is 1. The third-order valence-corrected chi connectivity index (χ3v) is 2.77. The molecule has 0 fully saturated rings. The summed E-state index contributed by atoms with van der Waals surface area (Å²) in [4.78, 5) is 23.6. The summed E-state index contributed by atoms with van der Waals surface area (Å²) < 4.78 is 5.22. The fraction of sp³-hybridized carbons (Fsp3) is 0.385. The molecule has 1 aromatic rings. The van der Waals surface area contributed by atoms with Crippen LogP contribution in [0.3, 0.4) is 0 Å². The van der Waals surface area contributed by atoms with E-state index in [4.69, 9.17) is 21.4 Å². The molecule has 1 amide bonds. The average molecular weight is 337 g/mol.